The van der Waals surface area contributed by atoms with Crippen molar-refractivity contribution in [3.63, 3.8) is 0 Å². The molecule has 7 heteroatoms. The minimum atomic E-state index is -3.26. The van der Waals surface area contributed by atoms with Crippen LogP contribution in [0.3, 0.4) is 0 Å². The Hall–Kier alpha value is -1.89. The fourth-order valence-corrected chi connectivity index (χ4v) is 3.58. The molecule has 0 aliphatic carbocycles. The minimum absolute atomic E-state index is 0.532. The molecule has 0 atom stereocenters. The maximum atomic E-state index is 11.2. The fraction of sp³-hybridized carbons (Fsp3) is 0.0625. The standard InChI is InChI=1S/C16H13ClN2O2S2/c1-23(20,21)19-14-8-4-11(5-9-14)15-10-22-16(18-15)12-2-6-13(17)7-3-12/h2-10,19H,1H3. The van der Waals surface area contributed by atoms with Gasteiger partial charge in [-0.1, -0.05) is 35.9 Å². The van der Waals surface area contributed by atoms with E-state index in [2.05, 4.69) is 9.71 Å². The van der Waals surface area contributed by atoms with Crippen LogP contribution in [0.1, 0.15) is 0 Å². The van der Waals surface area contributed by atoms with E-state index >= 15 is 0 Å². The van der Waals surface area contributed by atoms with Gasteiger partial charge >= 0.3 is 0 Å². The molecule has 118 valence electrons. The van der Waals surface area contributed by atoms with E-state index in [1.165, 1.54) is 0 Å². The number of sulfonamides is 1. The van der Waals surface area contributed by atoms with Gasteiger partial charge in [0.2, 0.25) is 10.0 Å². The first-order chi connectivity index (χ1) is 10.9. The van der Waals surface area contributed by atoms with E-state index < -0.39 is 10.0 Å². The molecule has 1 heterocycles. The third-order valence-electron chi connectivity index (χ3n) is 3.08. The summed E-state index contributed by atoms with van der Waals surface area (Å²) in [4.78, 5) is 4.62. The number of rotatable bonds is 4. The van der Waals surface area contributed by atoms with Gasteiger partial charge in [0.05, 0.1) is 11.9 Å². The quantitative estimate of drug-likeness (QED) is 0.741. The number of hydrogen-bond acceptors (Lipinski definition) is 4. The van der Waals surface area contributed by atoms with Crippen LogP contribution in [0.25, 0.3) is 21.8 Å². The van der Waals surface area contributed by atoms with Crippen LogP contribution in [0.5, 0.6) is 0 Å². The molecule has 0 saturated heterocycles. The molecular formula is C16H13ClN2O2S2. The molecule has 0 saturated carbocycles. The number of nitrogens with zero attached hydrogens (tertiary/aromatic N) is 1. The first-order valence-corrected chi connectivity index (χ1v) is 9.85. The number of benzene rings is 2. The molecule has 0 radical (unpaired) electrons. The van der Waals surface area contributed by atoms with Crippen LogP contribution in [0.2, 0.25) is 5.02 Å². The van der Waals surface area contributed by atoms with Crippen molar-refractivity contribution >= 4 is 38.6 Å². The lowest BCUT2D eigenvalue weighted by Gasteiger charge is -2.04. The lowest BCUT2D eigenvalue weighted by atomic mass is 10.1. The number of anilines is 1. The van der Waals surface area contributed by atoms with Crippen LogP contribution in [0.15, 0.2) is 53.9 Å². The Kier molecular flexibility index (Phi) is 4.39. The number of thiazole rings is 1. The SMILES string of the molecule is CS(=O)(=O)Nc1ccc(-c2csc(-c3ccc(Cl)cc3)n2)cc1. The third-order valence-corrected chi connectivity index (χ3v) is 4.83. The highest BCUT2D eigenvalue weighted by Crippen LogP contribution is 2.30. The van der Waals surface area contributed by atoms with Crippen LogP contribution in [0, 0.1) is 0 Å². The highest BCUT2D eigenvalue weighted by atomic mass is 35.5. The molecule has 4 nitrogen and oxygen atoms in total. The van der Waals surface area contributed by atoms with Crippen molar-refractivity contribution in [2.75, 3.05) is 11.0 Å². The first-order valence-electron chi connectivity index (χ1n) is 6.70. The summed E-state index contributed by atoms with van der Waals surface area (Å²) in [5, 5.41) is 3.58. The summed E-state index contributed by atoms with van der Waals surface area (Å²) >= 11 is 7.45. The van der Waals surface area contributed by atoms with Gasteiger partial charge in [-0.25, -0.2) is 13.4 Å². The molecular weight excluding hydrogens is 352 g/mol. The molecule has 0 amide bonds. The highest BCUT2D eigenvalue weighted by molar-refractivity contribution is 7.92. The second-order valence-electron chi connectivity index (χ2n) is 5.00. The van der Waals surface area contributed by atoms with Gasteiger partial charge in [-0.3, -0.25) is 4.72 Å². The van der Waals surface area contributed by atoms with Crippen molar-refractivity contribution in [3.05, 3.63) is 58.9 Å². The van der Waals surface area contributed by atoms with Crippen molar-refractivity contribution in [2.24, 2.45) is 0 Å². The first kappa shape index (κ1) is 16.0. The van der Waals surface area contributed by atoms with Crippen molar-refractivity contribution in [2.45, 2.75) is 0 Å². The summed E-state index contributed by atoms with van der Waals surface area (Å²) in [5.41, 5.74) is 3.33. The van der Waals surface area contributed by atoms with E-state index in [0.29, 0.717) is 10.7 Å². The fourth-order valence-electron chi connectivity index (χ4n) is 2.05. The van der Waals surface area contributed by atoms with Gasteiger partial charge in [0.25, 0.3) is 0 Å². The van der Waals surface area contributed by atoms with Crippen molar-refractivity contribution in [1.29, 1.82) is 0 Å². The van der Waals surface area contributed by atoms with Crippen molar-refractivity contribution in [1.82, 2.24) is 4.98 Å². The summed E-state index contributed by atoms with van der Waals surface area (Å²) in [7, 11) is -3.26. The van der Waals surface area contributed by atoms with Crippen molar-refractivity contribution < 1.29 is 8.42 Å². The van der Waals surface area contributed by atoms with E-state index in [0.717, 1.165) is 28.1 Å². The summed E-state index contributed by atoms with van der Waals surface area (Å²) < 4.78 is 24.9. The molecule has 1 N–H and O–H groups in total. The van der Waals surface area contributed by atoms with E-state index in [-0.39, 0.29) is 0 Å². The number of aromatic nitrogens is 1. The molecule has 0 aliphatic heterocycles. The Morgan fingerprint density at radius 3 is 2.22 bits per heavy atom. The van der Waals surface area contributed by atoms with E-state index in [4.69, 9.17) is 11.6 Å². The Balaban J connectivity index is 1.84. The zero-order chi connectivity index (χ0) is 16.4. The summed E-state index contributed by atoms with van der Waals surface area (Å²) in [5.74, 6) is 0. The van der Waals surface area contributed by atoms with Crippen molar-refractivity contribution in [3.8, 4) is 21.8 Å². The number of nitrogens with one attached hydrogen (secondary N) is 1. The van der Waals surface area contributed by atoms with Crippen LogP contribution in [0.4, 0.5) is 5.69 Å². The monoisotopic (exact) mass is 364 g/mol. The molecule has 0 fully saturated rings. The Bertz CT molecular complexity index is 917. The molecule has 23 heavy (non-hydrogen) atoms. The van der Waals surface area contributed by atoms with Crippen LogP contribution in [-0.4, -0.2) is 19.7 Å². The molecule has 2 aromatic carbocycles. The predicted molar refractivity (Wildman–Crippen MR) is 96.5 cm³/mol. The maximum absolute atomic E-state index is 11.2. The molecule has 0 bridgehead atoms. The van der Waals surface area contributed by atoms with Crippen LogP contribution < -0.4 is 4.72 Å². The summed E-state index contributed by atoms with van der Waals surface area (Å²) in [6.07, 6.45) is 1.12. The largest absolute Gasteiger partial charge is 0.284 e. The lowest BCUT2D eigenvalue weighted by molar-refractivity contribution is 0.607. The van der Waals surface area contributed by atoms with E-state index in [9.17, 15) is 8.42 Å². The maximum Gasteiger partial charge on any atom is 0.229 e. The van der Waals surface area contributed by atoms with Gasteiger partial charge < -0.3 is 0 Å². The Morgan fingerprint density at radius 1 is 1.00 bits per heavy atom. The molecule has 3 rings (SSSR count). The normalized spacial score (nSPS) is 11.4. The molecule has 3 aromatic rings. The number of hydrogen-bond donors (Lipinski definition) is 1. The zero-order valence-electron chi connectivity index (χ0n) is 12.2. The van der Waals surface area contributed by atoms with E-state index in [1.807, 2.05) is 41.8 Å². The molecule has 0 aliphatic rings. The average Bonchev–Trinajstić information content (AvgIpc) is 2.97. The van der Waals surface area contributed by atoms with Gasteiger partial charge in [-0.2, -0.15) is 0 Å². The van der Waals surface area contributed by atoms with Gasteiger partial charge in [-0.15, -0.1) is 11.3 Å². The topological polar surface area (TPSA) is 59.1 Å². The average molecular weight is 365 g/mol. The van der Waals surface area contributed by atoms with Gasteiger partial charge in [0.1, 0.15) is 5.01 Å². The van der Waals surface area contributed by atoms with E-state index in [1.54, 1.807) is 23.5 Å². The molecule has 0 unspecified atom stereocenters. The van der Waals surface area contributed by atoms with Crippen LogP contribution >= 0.6 is 22.9 Å². The lowest BCUT2D eigenvalue weighted by Crippen LogP contribution is -2.09. The minimum Gasteiger partial charge on any atom is -0.284 e. The zero-order valence-corrected chi connectivity index (χ0v) is 14.5. The van der Waals surface area contributed by atoms with Gasteiger partial charge in [0.15, 0.2) is 0 Å². The molecule has 1 aromatic heterocycles. The second-order valence-corrected chi connectivity index (χ2v) is 8.04. The number of halogens is 1. The third kappa shape index (κ3) is 4.10. The van der Waals surface area contributed by atoms with Crippen LogP contribution in [-0.2, 0) is 10.0 Å². The highest BCUT2D eigenvalue weighted by Gasteiger charge is 2.08. The predicted octanol–water partition coefficient (Wildman–Crippen LogP) is 4.50. The smallest absolute Gasteiger partial charge is 0.229 e. The molecule has 0 spiro atoms. The summed E-state index contributed by atoms with van der Waals surface area (Å²) in [6, 6.07) is 14.7. The summed E-state index contributed by atoms with van der Waals surface area (Å²) in [6.45, 7) is 0. The Morgan fingerprint density at radius 2 is 1.61 bits per heavy atom. The second kappa shape index (κ2) is 6.31. The van der Waals surface area contributed by atoms with Gasteiger partial charge in [0, 0.05) is 27.2 Å². The Labute approximate surface area is 143 Å². The van der Waals surface area contributed by atoms with Gasteiger partial charge in [-0.05, 0) is 24.3 Å².